The molecule has 0 saturated carbocycles. The second kappa shape index (κ2) is 9.27. The van der Waals surface area contributed by atoms with E-state index in [1.54, 1.807) is 36.4 Å². The number of ether oxygens (including phenoxy) is 1. The smallest absolute Gasteiger partial charge is 0.255 e. The van der Waals surface area contributed by atoms with Gasteiger partial charge in [0, 0.05) is 17.0 Å². The molecule has 0 unspecified atom stereocenters. The first kappa shape index (κ1) is 19.7. The van der Waals surface area contributed by atoms with Gasteiger partial charge in [-0.15, -0.1) is 0 Å². The minimum atomic E-state index is -0.268. The molecule has 1 N–H and O–H groups in total. The molecule has 138 valence electrons. The number of nitrogens with one attached hydrogen (secondary N) is 1. The Morgan fingerprint density at radius 2 is 1.78 bits per heavy atom. The van der Waals surface area contributed by atoms with Crippen LogP contribution in [0, 0.1) is 0 Å². The Morgan fingerprint density at radius 1 is 1.00 bits per heavy atom. The molecule has 0 aromatic heterocycles. The number of halogens is 3. The standard InChI is InChI=1S/C21H16BrCl2NO2/c22-17-12-15(21(26)25-19-8-7-16(23)13-18(19)24)6-9-20(17)27-11-10-14-4-2-1-3-5-14/h1-9,12-13H,10-11H2,(H,25,26). The maximum absolute atomic E-state index is 12.4. The Labute approximate surface area is 176 Å². The van der Waals surface area contributed by atoms with Crippen molar-refractivity contribution in [2.45, 2.75) is 6.42 Å². The fourth-order valence-electron chi connectivity index (χ4n) is 2.47. The maximum atomic E-state index is 12.4. The second-order valence-electron chi connectivity index (χ2n) is 5.81. The van der Waals surface area contributed by atoms with E-state index >= 15 is 0 Å². The van der Waals surface area contributed by atoms with Crippen molar-refractivity contribution in [3.05, 3.63) is 92.4 Å². The zero-order valence-electron chi connectivity index (χ0n) is 14.2. The van der Waals surface area contributed by atoms with E-state index in [4.69, 9.17) is 27.9 Å². The van der Waals surface area contributed by atoms with Gasteiger partial charge in [0.15, 0.2) is 0 Å². The van der Waals surface area contributed by atoms with E-state index in [0.29, 0.717) is 38.1 Å². The fraction of sp³-hybridized carbons (Fsp3) is 0.0952. The molecule has 0 bridgehead atoms. The number of rotatable bonds is 6. The average molecular weight is 465 g/mol. The average Bonchev–Trinajstić information content (AvgIpc) is 2.66. The Bertz CT molecular complexity index is 948. The Hall–Kier alpha value is -2.01. The lowest BCUT2D eigenvalue weighted by molar-refractivity contribution is 0.102. The van der Waals surface area contributed by atoms with Gasteiger partial charge in [-0.2, -0.15) is 0 Å². The molecule has 1 amide bonds. The molecule has 0 heterocycles. The van der Waals surface area contributed by atoms with Gasteiger partial charge in [0.25, 0.3) is 5.91 Å². The van der Waals surface area contributed by atoms with Gasteiger partial charge in [-0.3, -0.25) is 4.79 Å². The maximum Gasteiger partial charge on any atom is 0.255 e. The van der Waals surface area contributed by atoms with Gasteiger partial charge < -0.3 is 10.1 Å². The van der Waals surface area contributed by atoms with Crippen LogP contribution in [0.25, 0.3) is 0 Å². The zero-order valence-corrected chi connectivity index (χ0v) is 17.3. The summed E-state index contributed by atoms with van der Waals surface area (Å²) in [5.74, 6) is 0.419. The van der Waals surface area contributed by atoms with E-state index in [1.807, 2.05) is 18.2 Å². The van der Waals surface area contributed by atoms with Crippen molar-refractivity contribution < 1.29 is 9.53 Å². The Kier molecular flexibility index (Phi) is 6.78. The van der Waals surface area contributed by atoms with E-state index in [2.05, 4.69) is 33.4 Å². The van der Waals surface area contributed by atoms with Crippen molar-refractivity contribution in [2.24, 2.45) is 0 Å². The van der Waals surface area contributed by atoms with Gasteiger partial charge in [0.05, 0.1) is 21.8 Å². The van der Waals surface area contributed by atoms with Gasteiger partial charge in [-0.1, -0.05) is 53.5 Å². The number of hydrogen-bond donors (Lipinski definition) is 1. The summed E-state index contributed by atoms with van der Waals surface area (Å²) in [6, 6.07) is 20.2. The van der Waals surface area contributed by atoms with Crippen molar-refractivity contribution >= 4 is 50.7 Å². The summed E-state index contributed by atoms with van der Waals surface area (Å²) < 4.78 is 6.53. The molecule has 0 fully saturated rings. The van der Waals surface area contributed by atoms with Crippen LogP contribution in [0.4, 0.5) is 5.69 Å². The number of benzene rings is 3. The summed E-state index contributed by atoms with van der Waals surface area (Å²) in [5, 5.41) is 3.67. The minimum absolute atomic E-state index is 0.268. The molecule has 0 aliphatic carbocycles. The largest absolute Gasteiger partial charge is 0.492 e. The van der Waals surface area contributed by atoms with E-state index in [0.717, 1.165) is 6.42 Å². The summed E-state index contributed by atoms with van der Waals surface area (Å²) >= 11 is 15.4. The normalized spacial score (nSPS) is 10.5. The third-order valence-electron chi connectivity index (χ3n) is 3.86. The second-order valence-corrected chi connectivity index (χ2v) is 7.51. The molecule has 0 spiro atoms. The first-order chi connectivity index (χ1) is 13.0. The van der Waals surface area contributed by atoms with Crippen LogP contribution in [0.5, 0.6) is 5.75 Å². The monoisotopic (exact) mass is 463 g/mol. The number of carbonyl (C=O) groups excluding carboxylic acids is 1. The lowest BCUT2D eigenvalue weighted by atomic mass is 10.1. The van der Waals surface area contributed by atoms with Crippen LogP contribution in [0.15, 0.2) is 71.2 Å². The predicted molar refractivity (Wildman–Crippen MR) is 114 cm³/mol. The highest BCUT2D eigenvalue weighted by atomic mass is 79.9. The molecule has 0 atom stereocenters. The molecule has 0 radical (unpaired) electrons. The SMILES string of the molecule is O=C(Nc1ccc(Cl)cc1Cl)c1ccc(OCCc2ccccc2)c(Br)c1. The topological polar surface area (TPSA) is 38.3 Å². The highest BCUT2D eigenvalue weighted by molar-refractivity contribution is 9.10. The molecule has 0 saturated heterocycles. The highest BCUT2D eigenvalue weighted by Gasteiger charge is 2.11. The molecule has 3 aromatic rings. The van der Waals surface area contributed by atoms with Gasteiger partial charge in [0.1, 0.15) is 5.75 Å². The number of hydrogen-bond acceptors (Lipinski definition) is 2. The third-order valence-corrected chi connectivity index (χ3v) is 5.03. The summed E-state index contributed by atoms with van der Waals surface area (Å²) in [4.78, 5) is 12.4. The molecule has 3 aromatic carbocycles. The van der Waals surface area contributed by atoms with Crippen LogP contribution in [-0.4, -0.2) is 12.5 Å². The molecule has 6 heteroatoms. The molecule has 0 aliphatic heterocycles. The van der Waals surface area contributed by atoms with Crippen LogP contribution in [0.3, 0.4) is 0 Å². The lowest BCUT2D eigenvalue weighted by Crippen LogP contribution is -2.12. The predicted octanol–water partition coefficient (Wildman–Crippen LogP) is 6.63. The first-order valence-electron chi connectivity index (χ1n) is 8.25. The van der Waals surface area contributed by atoms with Crippen molar-refractivity contribution in [2.75, 3.05) is 11.9 Å². The lowest BCUT2D eigenvalue weighted by Gasteiger charge is -2.11. The van der Waals surface area contributed by atoms with E-state index < -0.39 is 0 Å². The van der Waals surface area contributed by atoms with Crippen LogP contribution >= 0.6 is 39.1 Å². The van der Waals surface area contributed by atoms with Gasteiger partial charge >= 0.3 is 0 Å². The van der Waals surface area contributed by atoms with Crippen molar-refractivity contribution in [3.63, 3.8) is 0 Å². The van der Waals surface area contributed by atoms with Crippen molar-refractivity contribution in [3.8, 4) is 5.75 Å². The molecule has 3 rings (SSSR count). The summed E-state index contributed by atoms with van der Waals surface area (Å²) in [7, 11) is 0. The highest BCUT2D eigenvalue weighted by Crippen LogP contribution is 2.28. The van der Waals surface area contributed by atoms with Gasteiger partial charge in [0.2, 0.25) is 0 Å². The number of amides is 1. The summed E-state index contributed by atoms with van der Waals surface area (Å²) in [6.07, 6.45) is 0.810. The molecule has 0 aliphatic rings. The Balaban J connectivity index is 1.62. The van der Waals surface area contributed by atoms with Crippen LogP contribution in [-0.2, 0) is 6.42 Å². The van der Waals surface area contributed by atoms with Crippen LogP contribution in [0.1, 0.15) is 15.9 Å². The minimum Gasteiger partial charge on any atom is -0.492 e. The van der Waals surface area contributed by atoms with Crippen LogP contribution in [0.2, 0.25) is 10.0 Å². The summed E-state index contributed by atoms with van der Waals surface area (Å²) in [6.45, 7) is 0.550. The van der Waals surface area contributed by atoms with E-state index in [9.17, 15) is 4.79 Å². The van der Waals surface area contributed by atoms with Crippen molar-refractivity contribution in [1.29, 1.82) is 0 Å². The van der Waals surface area contributed by atoms with Crippen molar-refractivity contribution in [1.82, 2.24) is 0 Å². The van der Waals surface area contributed by atoms with E-state index in [-0.39, 0.29) is 5.91 Å². The molecular formula is C21H16BrCl2NO2. The fourth-order valence-corrected chi connectivity index (χ4v) is 3.42. The number of carbonyl (C=O) groups is 1. The van der Waals surface area contributed by atoms with Gasteiger partial charge in [-0.25, -0.2) is 0 Å². The number of anilines is 1. The Morgan fingerprint density at radius 3 is 2.48 bits per heavy atom. The first-order valence-corrected chi connectivity index (χ1v) is 9.80. The van der Waals surface area contributed by atoms with Crippen LogP contribution < -0.4 is 10.1 Å². The molecule has 3 nitrogen and oxygen atoms in total. The quantitative estimate of drug-likeness (QED) is 0.444. The molecule has 27 heavy (non-hydrogen) atoms. The summed E-state index contributed by atoms with van der Waals surface area (Å²) in [5.41, 5.74) is 2.21. The van der Waals surface area contributed by atoms with Gasteiger partial charge in [-0.05, 0) is 57.9 Å². The van der Waals surface area contributed by atoms with E-state index in [1.165, 1.54) is 5.56 Å². The molecular weight excluding hydrogens is 449 g/mol. The zero-order chi connectivity index (χ0) is 19.2. The third kappa shape index (κ3) is 5.48.